The molecule has 3 rings (SSSR count). The second kappa shape index (κ2) is 5.44. The van der Waals surface area contributed by atoms with Gasteiger partial charge in [-0.15, -0.1) is 11.6 Å². The van der Waals surface area contributed by atoms with E-state index in [1.165, 1.54) is 0 Å². The van der Waals surface area contributed by atoms with E-state index in [2.05, 4.69) is 15.3 Å². The molecule has 1 aliphatic rings. The Bertz CT molecular complexity index is 725. The molecule has 2 amide bonds. The van der Waals surface area contributed by atoms with Gasteiger partial charge in [-0.3, -0.25) is 19.5 Å². The van der Waals surface area contributed by atoms with Crippen molar-refractivity contribution in [3.63, 3.8) is 0 Å². The van der Waals surface area contributed by atoms with Crippen LogP contribution in [-0.2, 0) is 16.0 Å². The fourth-order valence-electron chi connectivity index (χ4n) is 2.63. The van der Waals surface area contributed by atoms with Gasteiger partial charge >= 0.3 is 0 Å². The number of piperidine rings is 1. The van der Waals surface area contributed by atoms with Gasteiger partial charge in [-0.05, 0) is 25.5 Å². The molecule has 0 spiro atoms. The van der Waals surface area contributed by atoms with Gasteiger partial charge in [0.1, 0.15) is 17.4 Å². The number of rotatable bonds is 3. The normalized spacial score (nSPS) is 19.0. The van der Waals surface area contributed by atoms with E-state index in [1.807, 2.05) is 23.6 Å². The van der Waals surface area contributed by atoms with E-state index in [4.69, 9.17) is 11.6 Å². The molecule has 0 radical (unpaired) electrons. The maximum atomic E-state index is 12.1. The monoisotopic (exact) mass is 306 g/mol. The molecule has 1 N–H and O–H groups in total. The first-order valence-corrected chi connectivity index (χ1v) is 7.37. The molecule has 6 nitrogen and oxygen atoms in total. The van der Waals surface area contributed by atoms with Crippen LogP contribution < -0.4 is 5.32 Å². The van der Waals surface area contributed by atoms with Gasteiger partial charge < -0.3 is 0 Å². The molecule has 1 unspecified atom stereocenters. The number of nitrogens with one attached hydrogen (secondary N) is 1. The highest BCUT2D eigenvalue weighted by Crippen LogP contribution is 2.26. The van der Waals surface area contributed by atoms with Crippen molar-refractivity contribution in [2.24, 2.45) is 0 Å². The molecule has 2 aromatic heterocycles. The lowest BCUT2D eigenvalue weighted by Crippen LogP contribution is -2.42. The van der Waals surface area contributed by atoms with E-state index in [-0.39, 0.29) is 11.8 Å². The Hall–Kier alpha value is -1.95. The van der Waals surface area contributed by atoms with Crippen molar-refractivity contribution < 1.29 is 9.59 Å². The number of imide groups is 1. The molecule has 2 aromatic rings. The number of nitrogens with zero attached hydrogens (tertiary/aromatic N) is 3. The second-order valence-electron chi connectivity index (χ2n) is 5.10. The molecule has 0 aromatic carbocycles. The Labute approximate surface area is 126 Å². The number of amides is 2. The van der Waals surface area contributed by atoms with Gasteiger partial charge in [-0.25, -0.2) is 9.97 Å². The lowest BCUT2D eigenvalue weighted by molar-refractivity contribution is -0.135. The number of pyridine rings is 1. The number of hydrogen-bond acceptors (Lipinski definition) is 4. The van der Waals surface area contributed by atoms with Crippen LogP contribution in [-0.4, -0.2) is 32.2 Å². The van der Waals surface area contributed by atoms with Crippen LogP contribution in [0, 0.1) is 6.92 Å². The Morgan fingerprint density at radius 2 is 2.19 bits per heavy atom. The summed E-state index contributed by atoms with van der Waals surface area (Å²) in [5, 5.41) is 2.38. The highest BCUT2D eigenvalue weighted by atomic mass is 35.5. The van der Waals surface area contributed by atoms with E-state index in [0.717, 1.165) is 17.0 Å². The Morgan fingerprint density at radius 1 is 1.38 bits per heavy atom. The molecule has 3 heterocycles. The number of carbonyl (C=O) groups excluding carboxylic acids is 2. The van der Waals surface area contributed by atoms with Crippen LogP contribution in [0.25, 0.3) is 11.2 Å². The minimum Gasteiger partial charge on any atom is -0.300 e. The van der Waals surface area contributed by atoms with E-state index < -0.39 is 6.04 Å². The summed E-state index contributed by atoms with van der Waals surface area (Å²) in [7, 11) is 0. The van der Waals surface area contributed by atoms with Crippen LogP contribution in [0.4, 0.5) is 0 Å². The number of hydrogen-bond donors (Lipinski definition) is 1. The maximum absolute atomic E-state index is 12.1. The highest BCUT2D eigenvalue weighted by Gasteiger charge is 2.31. The van der Waals surface area contributed by atoms with E-state index >= 15 is 0 Å². The maximum Gasteiger partial charge on any atom is 0.249 e. The predicted octanol–water partition coefficient (Wildman–Crippen LogP) is 1.50. The van der Waals surface area contributed by atoms with Crippen LogP contribution in [0.15, 0.2) is 12.1 Å². The summed E-state index contributed by atoms with van der Waals surface area (Å²) in [6.07, 6.45) is 1.33. The van der Waals surface area contributed by atoms with Crippen molar-refractivity contribution in [3.8, 4) is 0 Å². The third kappa shape index (κ3) is 2.51. The van der Waals surface area contributed by atoms with Crippen molar-refractivity contribution in [3.05, 3.63) is 23.7 Å². The predicted molar refractivity (Wildman–Crippen MR) is 78.1 cm³/mol. The summed E-state index contributed by atoms with van der Waals surface area (Å²) in [5.41, 5.74) is 2.27. The van der Waals surface area contributed by atoms with Gasteiger partial charge in [-0.2, -0.15) is 0 Å². The van der Waals surface area contributed by atoms with E-state index in [1.54, 1.807) is 0 Å². The molecule has 1 atom stereocenters. The van der Waals surface area contributed by atoms with Crippen LogP contribution in [0.3, 0.4) is 0 Å². The lowest BCUT2D eigenvalue weighted by atomic mass is 10.1. The molecule has 0 aliphatic carbocycles. The summed E-state index contributed by atoms with van der Waals surface area (Å²) in [5.74, 6) is 0.608. The molecule has 0 saturated carbocycles. The zero-order valence-electron chi connectivity index (χ0n) is 11.6. The lowest BCUT2D eigenvalue weighted by Gasteiger charge is -2.23. The van der Waals surface area contributed by atoms with Crippen LogP contribution >= 0.6 is 11.6 Å². The molecule has 110 valence electrons. The fraction of sp³-hybridized carbons (Fsp3) is 0.429. The van der Waals surface area contributed by atoms with E-state index in [0.29, 0.717) is 30.8 Å². The average molecular weight is 307 g/mol. The van der Waals surface area contributed by atoms with Gasteiger partial charge in [0.25, 0.3) is 0 Å². The van der Waals surface area contributed by atoms with E-state index in [9.17, 15) is 9.59 Å². The zero-order chi connectivity index (χ0) is 15.0. The average Bonchev–Trinajstić information content (AvgIpc) is 2.77. The van der Waals surface area contributed by atoms with Gasteiger partial charge in [-0.1, -0.05) is 0 Å². The fourth-order valence-corrected chi connectivity index (χ4v) is 2.80. The quantitative estimate of drug-likeness (QED) is 0.688. The third-order valence-corrected chi connectivity index (χ3v) is 3.78. The molecule has 1 fully saturated rings. The first kappa shape index (κ1) is 14.0. The largest absolute Gasteiger partial charge is 0.300 e. The SMILES string of the molecule is Cc1ccc2nc(CCCl)n(C3CCC(=O)NC3=O)c2n1. The molecule has 7 heteroatoms. The summed E-state index contributed by atoms with van der Waals surface area (Å²) in [4.78, 5) is 32.5. The second-order valence-corrected chi connectivity index (χ2v) is 5.48. The van der Waals surface area contributed by atoms with Crippen molar-refractivity contribution in [2.45, 2.75) is 32.2 Å². The summed E-state index contributed by atoms with van der Waals surface area (Å²) in [6, 6.07) is 3.31. The first-order chi connectivity index (χ1) is 10.1. The number of halogens is 1. The van der Waals surface area contributed by atoms with Crippen LogP contribution in [0.2, 0.25) is 0 Å². The smallest absolute Gasteiger partial charge is 0.249 e. The molecule has 1 aliphatic heterocycles. The summed E-state index contributed by atoms with van der Waals surface area (Å²) in [6.45, 7) is 1.89. The highest BCUT2D eigenvalue weighted by molar-refractivity contribution is 6.18. The van der Waals surface area contributed by atoms with Gasteiger partial charge in [0.05, 0.1) is 0 Å². The summed E-state index contributed by atoms with van der Waals surface area (Å²) >= 11 is 5.84. The third-order valence-electron chi connectivity index (χ3n) is 3.59. The minimum absolute atomic E-state index is 0.233. The number of aryl methyl sites for hydroxylation is 2. The molecule has 21 heavy (non-hydrogen) atoms. The number of alkyl halides is 1. The number of imidazole rings is 1. The van der Waals surface area contributed by atoms with Crippen molar-refractivity contribution in [1.82, 2.24) is 19.9 Å². The van der Waals surface area contributed by atoms with Gasteiger partial charge in [0, 0.05) is 24.4 Å². The standard InChI is InChI=1S/C14H15ClN4O2/c1-8-2-3-9-13(16-8)19(11(17-9)6-7-15)10-4-5-12(20)18-14(10)21/h2-3,10H,4-7H2,1H3,(H,18,20,21). The van der Waals surface area contributed by atoms with Crippen molar-refractivity contribution in [2.75, 3.05) is 5.88 Å². The Kier molecular flexibility index (Phi) is 3.63. The molecule has 1 saturated heterocycles. The molecular weight excluding hydrogens is 292 g/mol. The molecular formula is C14H15ClN4O2. The first-order valence-electron chi connectivity index (χ1n) is 6.84. The van der Waals surface area contributed by atoms with Gasteiger partial charge in [0.2, 0.25) is 11.8 Å². The van der Waals surface area contributed by atoms with Crippen molar-refractivity contribution in [1.29, 1.82) is 0 Å². The topological polar surface area (TPSA) is 76.9 Å². The Morgan fingerprint density at radius 3 is 2.90 bits per heavy atom. The van der Waals surface area contributed by atoms with Crippen LogP contribution in [0.5, 0.6) is 0 Å². The number of aromatic nitrogens is 3. The zero-order valence-corrected chi connectivity index (χ0v) is 12.4. The van der Waals surface area contributed by atoms with Crippen LogP contribution in [0.1, 0.15) is 30.4 Å². The summed E-state index contributed by atoms with van der Waals surface area (Å²) < 4.78 is 1.83. The number of carbonyl (C=O) groups is 2. The number of fused-ring (bicyclic) bond motifs is 1. The minimum atomic E-state index is -0.458. The Balaban J connectivity index is 2.14. The molecule has 0 bridgehead atoms. The van der Waals surface area contributed by atoms with Gasteiger partial charge in [0.15, 0.2) is 5.65 Å². The van der Waals surface area contributed by atoms with Crippen molar-refractivity contribution >= 4 is 34.6 Å².